The molecule has 6 atom stereocenters. The summed E-state index contributed by atoms with van der Waals surface area (Å²) in [4.78, 5) is 0. The van der Waals surface area contributed by atoms with Gasteiger partial charge < -0.3 is 4.74 Å². The van der Waals surface area contributed by atoms with Gasteiger partial charge >= 0.3 is 0 Å². The van der Waals surface area contributed by atoms with Gasteiger partial charge in [-0.1, -0.05) is 24.3 Å². The van der Waals surface area contributed by atoms with Crippen LogP contribution in [0.15, 0.2) is 30.4 Å². The molecule has 0 aromatic heterocycles. The Hall–Kier alpha value is -1.24. The fourth-order valence-corrected chi connectivity index (χ4v) is 4.87. The van der Waals surface area contributed by atoms with E-state index < -0.39 is 0 Å². The Balaban J connectivity index is 1.77. The molecule has 0 amide bonds. The van der Waals surface area contributed by atoms with E-state index in [1.807, 2.05) is 0 Å². The lowest BCUT2D eigenvalue weighted by Crippen LogP contribution is -2.19. The molecule has 0 unspecified atom stereocenters. The Morgan fingerprint density at radius 2 is 1.88 bits per heavy atom. The maximum Gasteiger partial charge on any atom is 0.122 e. The molecule has 2 saturated carbocycles. The molecule has 5 rings (SSSR count). The van der Waals surface area contributed by atoms with Crippen LogP contribution in [0.2, 0.25) is 0 Å². The maximum atomic E-state index is 5.55. The Labute approximate surface area is 95.1 Å². The van der Waals surface area contributed by atoms with E-state index in [4.69, 9.17) is 4.74 Å². The standard InChI is InChI=1S/C15H14O/c1-16-10-4-2-3-9-11-7-5-6-8(7)13-14(11)15(13)12(9)10/h2-8,11,13-15H,1H3/t7-,8+,11-,13+,14-,15+/m0/s1. The van der Waals surface area contributed by atoms with Gasteiger partial charge in [0.15, 0.2) is 0 Å². The highest BCUT2D eigenvalue weighted by Gasteiger charge is 2.72. The van der Waals surface area contributed by atoms with E-state index in [1.54, 1.807) is 18.2 Å². The summed E-state index contributed by atoms with van der Waals surface area (Å²) in [5, 5.41) is 0. The fraction of sp³-hybridized carbons (Fsp3) is 0.467. The maximum absolute atomic E-state index is 5.55. The largest absolute Gasteiger partial charge is 0.496 e. The third kappa shape index (κ3) is 0.611. The molecular weight excluding hydrogens is 196 g/mol. The molecule has 0 aliphatic heterocycles. The first-order valence-electron chi connectivity index (χ1n) is 6.27. The van der Waals surface area contributed by atoms with Gasteiger partial charge in [0.05, 0.1) is 7.11 Å². The lowest BCUT2D eigenvalue weighted by Gasteiger charge is -2.28. The fourth-order valence-electron chi connectivity index (χ4n) is 4.87. The zero-order chi connectivity index (χ0) is 10.4. The molecule has 1 nitrogen and oxygen atoms in total. The van der Waals surface area contributed by atoms with Gasteiger partial charge in [-0.2, -0.15) is 0 Å². The van der Waals surface area contributed by atoms with Gasteiger partial charge in [0, 0.05) is 5.56 Å². The van der Waals surface area contributed by atoms with Crippen LogP contribution < -0.4 is 4.74 Å². The van der Waals surface area contributed by atoms with Gasteiger partial charge in [-0.3, -0.25) is 0 Å². The molecule has 0 saturated heterocycles. The normalized spacial score (nSPS) is 48.1. The quantitative estimate of drug-likeness (QED) is 0.647. The van der Waals surface area contributed by atoms with Crippen molar-refractivity contribution in [2.24, 2.45) is 23.7 Å². The second-order valence-corrected chi connectivity index (χ2v) is 5.71. The SMILES string of the molecule is COc1cccc2c1[C@H]1[C@H]3[C@H]2[C@H]2C=C[C@H]2[C@@H]13. The van der Waals surface area contributed by atoms with Crippen molar-refractivity contribution in [2.45, 2.75) is 11.8 Å². The van der Waals surface area contributed by atoms with E-state index in [-0.39, 0.29) is 0 Å². The number of fused-ring (bicyclic) bond motifs is 7. The van der Waals surface area contributed by atoms with Gasteiger partial charge in [-0.15, -0.1) is 0 Å². The molecule has 80 valence electrons. The molecule has 0 radical (unpaired) electrons. The van der Waals surface area contributed by atoms with Crippen LogP contribution in [0.4, 0.5) is 0 Å². The minimum atomic E-state index is 0.829. The predicted octanol–water partition coefficient (Wildman–Crippen LogP) is 2.94. The van der Waals surface area contributed by atoms with Gasteiger partial charge in [-0.25, -0.2) is 0 Å². The number of hydrogen-bond donors (Lipinski definition) is 0. The van der Waals surface area contributed by atoms with E-state index in [9.17, 15) is 0 Å². The number of allylic oxidation sites excluding steroid dienone is 2. The van der Waals surface area contributed by atoms with Crippen molar-refractivity contribution in [1.82, 2.24) is 0 Å². The molecule has 1 heteroatoms. The first-order valence-corrected chi connectivity index (χ1v) is 6.27. The van der Waals surface area contributed by atoms with E-state index in [0.29, 0.717) is 0 Å². The Morgan fingerprint density at radius 3 is 2.62 bits per heavy atom. The number of rotatable bonds is 1. The third-order valence-electron chi connectivity index (χ3n) is 5.42. The molecular formula is C15H14O. The molecule has 1 aromatic carbocycles. The molecule has 16 heavy (non-hydrogen) atoms. The summed E-state index contributed by atoms with van der Waals surface area (Å²) in [6, 6.07) is 6.63. The van der Waals surface area contributed by atoms with Gasteiger partial charge in [0.1, 0.15) is 5.75 Å². The topological polar surface area (TPSA) is 9.23 Å². The average molecular weight is 210 g/mol. The minimum absolute atomic E-state index is 0.829. The van der Waals surface area contributed by atoms with Crippen molar-refractivity contribution in [3.63, 3.8) is 0 Å². The number of hydrogen-bond acceptors (Lipinski definition) is 1. The Morgan fingerprint density at radius 1 is 1.00 bits per heavy atom. The summed E-state index contributed by atoms with van der Waals surface area (Å²) in [6.45, 7) is 0. The zero-order valence-electron chi connectivity index (χ0n) is 9.26. The molecule has 0 N–H and O–H groups in total. The van der Waals surface area contributed by atoms with Crippen LogP contribution >= 0.6 is 0 Å². The summed E-state index contributed by atoms with van der Waals surface area (Å²) < 4.78 is 5.55. The third-order valence-corrected chi connectivity index (χ3v) is 5.42. The summed E-state index contributed by atoms with van der Waals surface area (Å²) in [6.07, 6.45) is 4.88. The average Bonchev–Trinajstić information content (AvgIpc) is 2.80. The lowest BCUT2D eigenvalue weighted by atomic mass is 9.76. The van der Waals surface area contributed by atoms with Crippen molar-refractivity contribution in [3.8, 4) is 5.75 Å². The van der Waals surface area contributed by atoms with Crippen molar-refractivity contribution >= 4 is 0 Å². The summed E-state index contributed by atoms with van der Waals surface area (Å²) >= 11 is 0. The highest BCUT2D eigenvalue weighted by atomic mass is 16.5. The monoisotopic (exact) mass is 210 g/mol. The van der Waals surface area contributed by atoms with Crippen molar-refractivity contribution in [3.05, 3.63) is 41.5 Å². The molecule has 4 aliphatic carbocycles. The van der Waals surface area contributed by atoms with Crippen LogP contribution in [-0.4, -0.2) is 7.11 Å². The molecule has 0 spiro atoms. The Bertz CT molecular complexity index is 530. The van der Waals surface area contributed by atoms with Crippen LogP contribution in [0.5, 0.6) is 5.75 Å². The van der Waals surface area contributed by atoms with Crippen LogP contribution in [0.1, 0.15) is 23.0 Å². The molecule has 4 aliphatic rings. The van der Waals surface area contributed by atoms with Gasteiger partial charge in [0.25, 0.3) is 0 Å². The molecule has 0 heterocycles. The first kappa shape index (κ1) is 7.94. The first-order chi connectivity index (χ1) is 7.92. The van der Waals surface area contributed by atoms with Crippen LogP contribution in [0.25, 0.3) is 0 Å². The molecule has 0 bridgehead atoms. The summed E-state index contributed by atoms with van der Waals surface area (Å²) in [7, 11) is 1.81. The minimum Gasteiger partial charge on any atom is -0.496 e. The van der Waals surface area contributed by atoms with E-state index in [1.165, 1.54) is 0 Å². The predicted molar refractivity (Wildman–Crippen MR) is 61.6 cm³/mol. The van der Waals surface area contributed by atoms with E-state index >= 15 is 0 Å². The van der Waals surface area contributed by atoms with Crippen LogP contribution in [-0.2, 0) is 0 Å². The lowest BCUT2D eigenvalue weighted by molar-refractivity contribution is 0.393. The second-order valence-electron chi connectivity index (χ2n) is 5.71. The number of methoxy groups -OCH3 is 1. The highest BCUT2D eigenvalue weighted by Crippen LogP contribution is 2.80. The zero-order valence-corrected chi connectivity index (χ0v) is 9.26. The van der Waals surface area contributed by atoms with Gasteiger partial charge in [0.2, 0.25) is 0 Å². The van der Waals surface area contributed by atoms with Crippen molar-refractivity contribution < 1.29 is 4.74 Å². The van der Waals surface area contributed by atoms with E-state index in [0.717, 1.165) is 41.3 Å². The Kier molecular flexibility index (Phi) is 1.10. The van der Waals surface area contributed by atoms with Crippen LogP contribution in [0, 0.1) is 23.7 Å². The molecule has 1 aromatic rings. The summed E-state index contributed by atoms with van der Waals surface area (Å²) in [5.74, 6) is 6.48. The van der Waals surface area contributed by atoms with Crippen LogP contribution in [0.3, 0.4) is 0 Å². The highest BCUT2D eigenvalue weighted by molar-refractivity contribution is 5.59. The van der Waals surface area contributed by atoms with Crippen molar-refractivity contribution in [2.75, 3.05) is 7.11 Å². The summed E-state index contributed by atoms with van der Waals surface area (Å²) in [5.41, 5.74) is 3.16. The molecule has 2 fully saturated rings. The number of ether oxygens (including phenoxy) is 1. The number of benzene rings is 1. The van der Waals surface area contributed by atoms with Gasteiger partial charge in [-0.05, 0) is 47.1 Å². The van der Waals surface area contributed by atoms with E-state index in [2.05, 4.69) is 30.4 Å². The van der Waals surface area contributed by atoms with Crippen molar-refractivity contribution in [1.29, 1.82) is 0 Å². The second kappa shape index (κ2) is 2.22. The smallest absolute Gasteiger partial charge is 0.122 e.